The molecule has 0 radical (unpaired) electrons. The number of nitrogens with one attached hydrogen (secondary N) is 1. The van der Waals surface area contributed by atoms with Crippen molar-refractivity contribution in [2.75, 3.05) is 19.0 Å². The van der Waals surface area contributed by atoms with Crippen LogP contribution in [0.2, 0.25) is 0 Å². The van der Waals surface area contributed by atoms with Gasteiger partial charge in [0.05, 0.1) is 0 Å². The second kappa shape index (κ2) is 12.2. The summed E-state index contributed by atoms with van der Waals surface area (Å²) in [4.78, 5) is 0. The van der Waals surface area contributed by atoms with Crippen LogP contribution in [0, 0.1) is 0 Å². The minimum absolute atomic E-state index is 0. The van der Waals surface area contributed by atoms with E-state index in [4.69, 9.17) is 11.6 Å². The molecule has 0 bridgehead atoms. The van der Waals surface area contributed by atoms with Crippen molar-refractivity contribution < 1.29 is 0 Å². The van der Waals surface area contributed by atoms with Gasteiger partial charge in [-0.1, -0.05) is 19.8 Å². The van der Waals surface area contributed by atoms with Gasteiger partial charge < -0.3 is 5.32 Å². The third-order valence-electron chi connectivity index (χ3n) is 1.23. The average Bonchev–Trinajstić information content (AvgIpc) is 1.89. The Kier molecular flexibility index (Phi) is 16.1. The van der Waals surface area contributed by atoms with Gasteiger partial charge in [0.1, 0.15) is 0 Å². The van der Waals surface area contributed by atoms with Gasteiger partial charge in [-0.3, -0.25) is 0 Å². The van der Waals surface area contributed by atoms with E-state index < -0.39 is 0 Å². The van der Waals surface area contributed by atoms with Gasteiger partial charge in [0.25, 0.3) is 0 Å². The van der Waals surface area contributed by atoms with Crippen LogP contribution in [-0.4, -0.2) is 19.0 Å². The quantitative estimate of drug-likeness (QED) is 0.496. The van der Waals surface area contributed by atoms with E-state index in [1.165, 1.54) is 19.3 Å². The molecular formula is C7H17Cl2N. The van der Waals surface area contributed by atoms with Crippen molar-refractivity contribution >= 4 is 24.0 Å². The maximum atomic E-state index is 5.45. The highest BCUT2D eigenvalue weighted by atomic mass is 35.5. The summed E-state index contributed by atoms with van der Waals surface area (Å²) < 4.78 is 0. The number of hydrogen-bond acceptors (Lipinski definition) is 1. The highest BCUT2D eigenvalue weighted by Gasteiger charge is 1.84. The molecule has 0 saturated carbocycles. The Labute approximate surface area is 74.9 Å². The Morgan fingerprint density at radius 3 is 2.40 bits per heavy atom. The Morgan fingerprint density at radius 1 is 1.20 bits per heavy atom. The molecule has 0 aliphatic rings. The third-order valence-corrected chi connectivity index (χ3v) is 1.42. The molecule has 0 unspecified atom stereocenters. The molecule has 0 aliphatic heterocycles. The van der Waals surface area contributed by atoms with Crippen LogP contribution in [-0.2, 0) is 0 Å². The lowest BCUT2D eigenvalue weighted by Crippen LogP contribution is -2.17. The third kappa shape index (κ3) is 11.4. The smallest absolute Gasteiger partial charge is 0.0348 e. The zero-order valence-corrected chi connectivity index (χ0v) is 8.10. The van der Waals surface area contributed by atoms with E-state index in [-0.39, 0.29) is 12.4 Å². The predicted molar refractivity (Wildman–Crippen MR) is 50.4 cm³/mol. The molecule has 0 heterocycles. The summed E-state index contributed by atoms with van der Waals surface area (Å²) in [6, 6.07) is 0. The molecule has 0 amide bonds. The van der Waals surface area contributed by atoms with E-state index in [0.717, 1.165) is 19.0 Å². The first-order valence-corrected chi connectivity index (χ1v) is 4.22. The molecule has 64 valence electrons. The molecule has 10 heavy (non-hydrogen) atoms. The monoisotopic (exact) mass is 185 g/mol. The van der Waals surface area contributed by atoms with Gasteiger partial charge in [-0.25, -0.2) is 0 Å². The van der Waals surface area contributed by atoms with E-state index >= 15 is 0 Å². The molecule has 1 nitrogen and oxygen atoms in total. The van der Waals surface area contributed by atoms with Gasteiger partial charge in [0, 0.05) is 12.4 Å². The maximum absolute atomic E-state index is 5.45. The van der Waals surface area contributed by atoms with Crippen LogP contribution >= 0.6 is 24.0 Å². The molecule has 3 heteroatoms. The fourth-order valence-electron chi connectivity index (χ4n) is 0.692. The second-order valence-corrected chi connectivity index (χ2v) is 2.52. The fourth-order valence-corrected chi connectivity index (χ4v) is 0.825. The minimum Gasteiger partial charge on any atom is -0.316 e. The van der Waals surface area contributed by atoms with Gasteiger partial charge in [-0.05, 0) is 13.0 Å². The van der Waals surface area contributed by atoms with Crippen molar-refractivity contribution in [3.8, 4) is 0 Å². The maximum Gasteiger partial charge on any atom is 0.0348 e. The van der Waals surface area contributed by atoms with E-state index in [0.29, 0.717) is 0 Å². The van der Waals surface area contributed by atoms with E-state index in [1.54, 1.807) is 0 Å². The standard InChI is InChI=1S/C7H16ClN.ClH/c1-2-3-4-6-9-7-5-8;/h9H,2-7H2,1H3;1H. The fraction of sp³-hybridized carbons (Fsp3) is 1.00. The second-order valence-electron chi connectivity index (χ2n) is 2.15. The van der Waals surface area contributed by atoms with Gasteiger partial charge >= 0.3 is 0 Å². The van der Waals surface area contributed by atoms with Gasteiger partial charge in [0.15, 0.2) is 0 Å². The van der Waals surface area contributed by atoms with Crippen LogP contribution in [0.3, 0.4) is 0 Å². The molecule has 0 fully saturated rings. The summed E-state index contributed by atoms with van der Waals surface area (Å²) in [5.74, 6) is 0.728. The Bertz CT molecular complexity index is 44.9. The van der Waals surface area contributed by atoms with E-state index in [2.05, 4.69) is 12.2 Å². The number of unbranched alkanes of at least 4 members (excludes halogenated alkanes) is 2. The van der Waals surface area contributed by atoms with Crippen LogP contribution in [0.15, 0.2) is 0 Å². The van der Waals surface area contributed by atoms with Crippen LogP contribution in [0.1, 0.15) is 26.2 Å². The lowest BCUT2D eigenvalue weighted by molar-refractivity contribution is 0.635. The molecule has 0 spiro atoms. The summed E-state index contributed by atoms with van der Waals surface area (Å²) in [5, 5.41) is 3.24. The van der Waals surface area contributed by atoms with Crippen molar-refractivity contribution in [1.29, 1.82) is 0 Å². The summed E-state index contributed by atoms with van der Waals surface area (Å²) >= 11 is 5.45. The minimum atomic E-state index is 0. The first-order valence-electron chi connectivity index (χ1n) is 3.68. The Morgan fingerprint density at radius 2 is 1.90 bits per heavy atom. The van der Waals surface area contributed by atoms with Crippen LogP contribution in [0.4, 0.5) is 0 Å². The van der Waals surface area contributed by atoms with E-state index in [1.807, 2.05) is 0 Å². The van der Waals surface area contributed by atoms with Crippen molar-refractivity contribution in [3.63, 3.8) is 0 Å². The van der Waals surface area contributed by atoms with Crippen molar-refractivity contribution in [2.24, 2.45) is 0 Å². The summed E-state index contributed by atoms with van der Waals surface area (Å²) in [6.45, 7) is 4.29. The average molecular weight is 186 g/mol. The lowest BCUT2D eigenvalue weighted by Gasteiger charge is -1.99. The number of rotatable bonds is 6. The highest BCUT2D eigenvalue weighted by molar-refractivity contribution is 6.18. The Hall–Kier alpha value is 0.540. The zero-order chi connectivity index (χ0) is 6.95. The van der Waals surface area contributed by atoms with Gasteiger partial charge in [-0.15, -0.1) is 24.0 Å². The summed E-state index contributed by atoms with van der Waals surface area (Å²) in [7, 11) is 0. The highest BCUT2D eigenvalue weighted by Crippen LogP contribution is 1.90. The zero-order valence-electron chi connectivity index (χ0n) is 6.53. The van der Waals surface area contributed by atoms with Gasteiger partial charge in [0.2, 0.25) is 0 Å². The number of alkyl halides is 1. The van der Waals surface area contributed by atoms with Gasteiger partial charge in [-0.2, -0.15) is 0 Å². The number of hydrogen-bond donors (Lipinski definition) is 1. The molecule has 0 saturated heterocycles. The molecule has 0 atom stereocenters. The molecule has 0 rings (SSSR count). The molecule has 0 aromatic rings. The molecule has 0 aliphatic carbocycles. The first-order chi connectivity index (χ1) is 4.41. The summed E-state index contributed by atoms with van der Waals surface area (Å²) in [5.41, 5.74) is 0. The molecule has 0 aromatic heterocycles. The molecule has 0 aromatic carbocycles. The SMILES string of the molecule is CCCCCNCCCl.Cl. The normalized spacial score (nSPS) is 9.00. The molecular weight excluding hydrogens is 169 g/mol. The van der Waals surface area contributed by atoms with E-state index in [9.17, 15) is 0 Å². The van der Waals surface area contributed by atoms with Crippen LogP contribution in [0.25, 0.3) is 0 Å². The lowest BCUT2D eigenvalue weighted by atomic mass is 10.2. The summed E-state index contributed by atoms with van der Waals surface area (Å²) in [6.07, 6.45) is 3.91. The largest absolute Gasteiger partial charge is 0.316 e. The number of halogens is 2. The van der Waals surface area contributed by atoms with Crippen molar-refractivity contribution in [2.45, 2.75) is 26.2 Å². The molecule has 1 N–H and O–H groups in total. The predicted octanol–water partition coefficient (Wildman–Crippen LogP) is 2.43. The van der Waals surface area contributed by atoms with Crippen molar-refractivity contribution in [1.82, 2.24) is 5.32 Å². The van der Waals surface area contributed by atoms with Crippen molar-refractivity contribution in [3.05, 3.63) is 0 Å². The first kappa shape index (κ1) is 13.2. The Balaban J connectivity index is 0. The topological polar surface area (TPSA) is 12.0 Å². The van der Waals surface area contributed by atoms with Crippen LogP contribution < -0.4 is 5.32 Å². The van der Waals surface area contributed by atoms with Crippen LogP contribution in [0.5, 0.6) is 0 Å².